The lowest BCUT2D eigenvalue weighted by Gasteiger charge is -2.47. The molecule has 0 aliphatic carbocycles. The first-order valence-electron chi connectivity index (χ1n) is 8.05. The largest absolute Gasteiger partial charge is 0.378 e. The number of nitrogens with one attached hydrogen (secondary N) is 2. The molecule has 0 saturated carbocycles. The molecule has 3 heterocycles. The van der Waals surface area contributed by atoms with Gasteiger partial charge in [0.1, 0.15) is 0 Å². The Morgan fingerprint density at radius 2 is 2.10 bits per heavy atom. The van der Waals surface area contributed by atoms with E-state index in [1.807, 2.05) is 0 Å². The smallest absolute Gasteiger partial charge is 0.221 e. The SMILES string of the molecule is CN1C2CCCC1CC(NC(=O)CC1COCCN1)C2. The topological polar surface area (TPSA) is 53.6 Å². The van der Waals surface area contributed by atoms with Crippen LogP contribution in [-0.2, 0) is 9.53 Å². The maximum absolute atomic E-state index is 12.2. The van der Waals surface area contributed by atoms with Crippen molar-refractivity contribution in [3.8, 4) is 0 Å². The van der Waals surface area contributed by atoms with Crippen molar-refractivity contribution in [2.75, 3.05) is 26.8 Å². The fraction of sp³-hybridized carbons (Fsp3) is 0.933. The molecule has 3 aliphatic heterocycles. The van der Waals surface area contributed by atoms with Gasteiger partial charge in [-0.3, -0.25) is 4.79 Å². The number of nitrogens with zero attached hydrogens (tertiary/aromatic N) is 1. The average Bonchev–Trinajstić information content (AvgIpc) is 2.41. The Hall–Kier alpha value is -0.650. The number of carbonyl (C=O) groups excluding carboxylic acids is 1. The van der Waals surface area contributed by atoms with E-state index in [0.29, 0.717) is 31.2 Å². The van der Waals surface area contributed by atoms with Crippen molar-refractivity contribution in [1.82, 2.24) is 15.5 Å². The number of hydrogen-bond acceptors (Lipinski definition) is 4. The summed E-state index contributed by atoms with van der Waals surface area (Å²) in [6.45, 7) is 2.28. The van der Waals surface area contributed by atoms with Crippen molar-refractivity contribution in [3.63, 3.8) is 0 Å². The normalized spacial score (nSPS) is 38.5. The molecule has 0 spiro atoms. The van der Waals surface area contributed by atoms with Crippen molar-refractivity contribution in [2.24, 2.45) is 0 Å². The minimum absolute atomic E-state index is 0.181. The van der Waals surface area contributed by atoms with Gasteiger partial charge >= 0.3 is 0 Å². The second kappa shape index (κ2) is 6.41. The Labute approximate surface area is 121 Å². The lowest BCUT2D eigenvalue weighted by molar-refractivity contribution is -0.123. The molecule has 3 rings (SSSR count). The van der Waals surface area contributed by atoms with Gasteiger partial charge in [-0.2, -0.15) is 0 Å². The zero-order chi connectivity index (χ0) is 13.9. The number of hydrogen-bond donors (Lipinski definition) is 2. The first kappa shape index (κ1) is 14.3. The highest BCUT2D eigenvalue weighted by Gasteiger charge is 2.36. The Balaban J connectivity index is 1.46. The van der Waals surface area contributed by atoms with Crippen molar-refractivity contribution in [1.29, 1.82) is 0 Å². The molecule has 0 aromatic heterocycles. The molecule has 5 nitrogen and oxygen atoms in total. The lowest BCUT2D eigenvalue weighted by Crippen LogP contribution is -2.55. The van der Waals surface area contributed by atoms with Gasteiger partial charge in [-0.05, 0) is 32.7 Å². The van der Waals surface area contributed by atoms with E-state index in [9.17, 15) is 4.79 Å². The maximum Gasteiger partial charge on any atom is 0.221 e. The van der Waals surface area contributed by atoms with E-state index >= 15 is 0 Å². The van der Waals surface area contributed by atoms with Crippen LogP contribution >= 0.6 is 0 Å². The van der Waals surface area contributed by atoms with Gasteiger partial charge in [-0.1, -0.05) is 6.42 Å². The van der Waals surface area contributed by atoms with Gasteiger partial charge in [0.2, 0.25) is 5.91 Å². The second-order valence-electron chi connectivity index (χ2n) is 6.57. The predicted molar refractivity (Wildman–Crippen MR) is 77.6 cm³/mol. The van der Waals surface area contributed by atoms with E-state index in [1.165, 1.54) is 19.3 Å². The monoisotopic (exact) mass is 281 g/mol. The van der Waals surface area contributed by atoms with Crippen LogP contribution in [0.15, 0.2) is 0 Å². The summed E-state index contributed by atoms with van der Waals surface area (Å²) < 4.78 is 5.40. The molecule has 2 bridgehead atoms. The first-order chi connectivity index (χ1) is 9.72. The van der Waals surface area contributed by atoms with E-state index in [2.05, 4.69) is 22.6 Å². The van der Waals surface area contributed by atoms with Crippen LogP contribution in [0.25, 0.3) is 0 Å². The molecule has 3 saturated heterocycles. The molecule has 0 radical (unpaired) electrons. The Bertz CT molecular complexity index is 330. The highest BCUT2D eigenvalue weighted by Crippen LogP contribution is 2.32. The summed E-state index contributed by atoms with van der Waals surface area (Å²) in [5.41, 5.74) is 0. The van der Waals surface area contributed by atoms with E-state index in [0.717, 1.165) is 26.0 Å². The summed E-state index contributed by atoms with van der Waals surface area (Å²) in [6, 6.07) is 1.90. The molecular formula is C15H27N3O2. The Morgan fingerprint density at radius 1 is 1.35 bits per heavy atom. The molecule has 3 aliphatic rings. The van der Waals surface area contributed by atoms with Gasteiger partial charge in [0.05, 0.1) is 13.2 Å². The summed E-state index contributed by atoms with van der Waals surface area (Å²) in [7, 11) is 2.25. The highest BCUT2D eigenvalue weighted by atomic mass is 16.5. The molecule has 3 atom stereocenters. The van der Waals surface area contributed by atoms with Gasteiger partial charge in [0, 0.05) is 37.1 Å². The van der Waals surface area contributed by atoms with Gasteiger partial charge in [0.25, 0.3) is 0 Å². The van der Waals surface area contributed by atoms with Crippen molar-refractivity contribution >= 4 is 5.91 Å². The van der Waals surface area contributed by atoms with Gasteiger partial charge in [-0.25, -0.2) is 0 Å². The molecule has 0 aromatic rings. The summed E-state index contributed by atoms with van der Waals surface area (Å²) in [6.07, 6.45) is 6.71. The minimum atomic E-state index is 0.181. The lowest BCUT2D eigenvalue weighted by atomic mass is 9.82. The number of morpholine rings is 1. The van der Waals surface area contributed by atoms with E-state index in [1.54, 1.807) is 0 Å². The van der Waals surface area contributed by atoms with Gasteiger partial charge in [0.15, 0.2) is 0 Å². The third kappa shape index (κ3) is 3.32. The van der Waals surface area contributed by atoms with Crippen LogP contribution in [0.2, 0.25) is 0 Å². The van der Waals surface area contributed by atoms with Crippen LogP contribution in [0.4, 0.5) is 0 Å². The predicted octanol–water partition coefficient (Wildman–Crippen LogP) is 0.496. The van der Waals surface area contributed by atoms with E-state index < -0.39 is 0 Å². The second-order valence-corrected chi connectivity index (χ2v) is 6.57. The van der Waals surface area contributed by atoms with Crippen LogP contribution < -0.4 is 10.6 Å². The molecule has 3 fully saturated rings. The standard InChI is InChI=1S/C15H27N3O2/c1-18-13-3-2-4-14(18)8-11(7-13)17-15(19)9-12-10-20-6-5-16-12/h11-14,16H,2-10H2,1H3,(H,17,19). The Kier molecular flexibility index (Phi) is 4.58. The number of fused-ring (bicyclic) bond motifs is 2. The number of piperidine rings is 2. The van der Waals surface area contributed by atoms with E-state index in [-0.39, 0.29) is 11.9 Å². The number of carbonyl (C=O) groups is 1. The van der Waals surface area contributed by atoms with Crippen molar-refractivity contribution < 1.29 is 9.53 Å². The fourth-order valence-corrected chi connectivity index (χ4v) is 3.99. The molecule has 1 amide bonds. The molecule has 5 heteroatoms. The summed E-state index contributed by atoms with van der Waals surface area (Å²) in [4.78, 5) is 14.7. The quantitative estimate of drug-likeness (QED) is 0.791. The number of ether oxygens (including phenoxy) is 1. The maximum atomic E-state index is 12.2. The summed E-state index contributed by atoms with van der Waals surface area (Å²) in [5, 5.41) is 6.59. The molecule has 2 N–H and O–H groups in total. The zero-order valence-corrected chi connectivity index (χ0v) is 12.4. The highest BCUT2D eigenvalue weighted by molar-refractivity contribution is 5.77. The van der Waals surface area contributed by atoms with Crippen molar-refractivity contribution in [3.05, 3.63) is 0 Å². The fourth-order valence-electron chi connectivity index (χ4n) is 3.99. The van der Waals surface area contributed by atoms with E-state index in [4.69, 9.17) is 4.74 Å². The molecule has 3 unspecified atom stereocenters. The molecule has 20 heavy (non-hydrogen) atoms. The van der Waals surface area contributed by atoms with Gasteiger partial charge < -0.3 is 20.3 Å². The van der Waals surface area contributed by atoms with Crippen LogP contribution in [0.3, 0.4) is 0 Å². The van der Waals surface area contributed by atoms with Crippen LogP contribution in [0.5, 0.6) is 0 Å². The minimum Gasteiger partial charge on any atom is -0.378 e. The van der Waals surface area contributed by atoms with Crippen LogP contribution in [0, 0.1) is 0 Å². The summed E-state index contributed by atoms with van der Waals surface area (Å²) >= 11 is 0. The van der Waals surface area contributed by atoms with Crippen LogP contribution in [-0.4, -0.2) is 61.8 Å². The summed E-state index contributed by atoms with van der Waals surface area (Å²) in [5.74, 6) is 0.181. The molecular weight excluding hydrogens is 254 g/mol. The van der Waals surface area contributed by atoms with Crippen LogP contribution in [0.1, 0.15) is 38.5 Å². The number of rotatable bonds is 3. The third-order valence-electron chi connectivity index (χ3n) is 5.14. The van der Waals surface area contributed by atoms with Gasteiger partial charge in [-0.15, -0.1) is 0 Å². The molecule has 114 valence electrons. The number of amides is 1. The molecule has 0 aromatic carbocycles. The first-order valence-corrected chi connectivity index (χ1v) is 8.05. The Morgan fingerprint density at radius 3 is 2.75 bits per heavy atom. The average molecular weight is 281 g/mol. The van der Waals surface area contributed by atoms with Crippen molar-refractivity contribution in [2.45, 2.75) is 62.7 Å². The third-order valence-corrected chi connectivity index (χ3v) is 5.14. The zero-order valence-electron chi connectivity index (χ0n) is 12.4.